The SMILES string of the molecule is N#Cc1ccc(Nc2cccc3ncccc23)c(Br)c1. The molecule has 0 amide bonds. The van der Waals surface area contributed by atoms with Crippen molar-refractivity contribution in [3.8, 4) is 6.07 Å². The second-order valence-corrected chi connectivity index (χ2v) is 5.16. The van der Waals surface area contributed by atoms with Crippen LogP contribution < -0.4 is 5.32 Å². The number of rotatable bonds is 2. The number of nitrogens with one attached hydrogen (secondary N) is 1. The van der Waals surface area contributed by atoms with Crippen molar-refractivity contribution in [3.05, 3.63) is 64.8 Å². The van der Waals surface area contributed by atoms with Crippen molar-refractivity contribution >= 4 is 38.2 Å². The first kappa shape index (κ1) is 12.6. The van der Waals surface area contributed by atoms with Crippen molar-refractivity contribution < 1.29 is 0 Å². The van der Waals surface area contributed by atoms with Crippen molar-refractivity contribution in [3.63, 3.8) is 0 Å². The zero-order chi connectivity index (χ0) is 13.9. The summed E-state index contributed by atoms with van der Waals surface area (Å²) in [6.07, 6.45) is 1.78. The summed E-state index contributed by atoms with van der Waals surface area (Å²) in [6, 6.07) is 17.5. The molecule has 0 saturated carbocycles. The van der Waals surface area contributed by atoms with Gasteiger partial charge < -0.3 is 5.32 Å². The lowest BCUT2D eigenvalue weighted by Crippen LogP contribution is -1.93. The largest absolute Gasteiger partial charge is 0.354 e. The van der Waals surface area contributed by atoms with Crippen LogP contribution in [-0.2, 0) is 0 Å². The molecule has 0 bridgehead atoms. The van der Waals surface area contributed by atoms with E-state index in [1.165, 1.54) is 0 Å². The highest BCUT2D eigenvalue weighted by molar-refractivity contribution is 9.10. The Morgan fingerprint density at radius 1 is 1.05 bits per heavy atom. The quantitative estimate of drug-likeness (QED) is 0.749. The molecule has 1 N–H and O–H groups in total. The third kappa shape index (κ3) is 2.36. The third-order valence-corrected chi connectivity index (χ3v) is 3.67. The molecular weight excluding hydrogens is 314 g/mol. The fourth-order valence-corrected chi connectivity index (χ4v) is 2.52. The van der Waals surface area contributed by atoms with Gasteiger partial charge >= 0.3 is 0 Å². The molecule has 3 aromatic rings. The number of benzene rings is 2. The van der Waals surface area contributed by atoms with Crippen LogP contribution in [0.3, 0.4) is 0 Å². The average Bonchev–Trinajstić information content (AvgIpc) is 2.49. The molecule has 0 spiro atoms. The Bertz CT molecular complexity index is 816. The van der Waals surface area contributed by atoms with E-state index < -0.39 is 0 Å². The van der Waals surface area contributed by atoms with Gasteiger partial charge in [0.25, 0.3) is 0 Å². The summed E-state index contributed by atoms with van der Waals surface area (Å²) in [6.45, 7) is 0. The van der Waals surface area contributed by atoms with Gasteiger partial charge in [0, 0.05) is 21.7 Å². The van der Waals surface area contributed by atoms with Crippen LogP contribution in [0.1, 0.15) is 5.56 Å². The van der Waals surface area contributed by atoms with E-state index in [1.807, 2.05) is 36.4 Å². The highest BCUT2D eigenvalue weighted by Gasteiger charge is 2.05. The Balaban J connectivity index is 2.04. The Labute approximate surface area is 125 Å². The maximum atomic E-state index is 8.88. The lowest BCUT2D eigenvalue weighted by Gasteiger charge is -2.11. The smallest absolute Gasteiger partial charge is 0.0992 e. The van der Waals surface area contributed by atoms with Crippen LogP contribution in [0.25, 0.3) is 10.9 Å². The minimum Gasteiger partial charge on any atom is -0.354 e. The number of aromatic nitrogens is 1. The van der Waals surface area contributed by atoms with E-state index in [9.17, 15) is 0 Å². The molecule has 0 saturated heterocycles. The van der Waals surface area contributed by atoms with Gasteiger partial charge in [-0.1, -0.05) is 6.07 Å². The van der Waals surface area contributed by atoms with Crippen LogP contribution in [0.5, 0.6) is 0 Å². The Morgan fingerprint density at radius 2 is 1.95 bits per heavy atom. The van der Waals surface area contributed by atoms with E-state index >= 15 is 0 Å². The first-order valence-electron chi connectivity index (χ1n) is 6.08. The summed E-state index contributed by atoms with van der Waals surface area (Å²) in [5.41, 5.74) is 3.48. The summed E-state index contributed by atoms with van der Waals surface area (Å²) >= 11 is 3.48. The number of nitriles is 1. The number of pyridine rings is 1. The second-order valence-electron chi connectivity index (χ2n) is 4.31. The molecule has 0 unspecified atom stereocenters. The molecule has 20 heavy (non-hydrogen) atoms. The minimum absolute atomic E-state index is 0.627. The van der Waals surface area contributed by atoms with Crippen LogP contribution in [0.15, 0.2) is 59.2 Å². The fraction of sp³-hybridized carbons (Fsp3) is 0. The summed E-state index contributed by atoms with van der Waals surface area (Å²) in [7, 11) is 0. The van der Waals surface area contributed by atoms with Gasteiger partial charge in [-0.15, -0.1) is 0 Å². The van der Waals surface area contributed by atoms with E-state index in [4.69, 9.17) is 5.26 Å². The topological polar surface area (TPSA) is 48.7 Å². The predicted molar refractivity (Wildman–Crippen MR) is 83.9 cm³/mol. The number of fused-ring (bicyclic) bond motifs is 1. The molecule has 1 heterocycles. The standard InChI is InChI=1S/C16H10BrN3/c17-13-9-11(10-18)6-7-16(13)20-15-5-1-4-14-12(15)3-2-8-19-14/h1-9,20H. The molecule has 2 aromatic carbocycles. The van der Waals surface area contributed by atoms with Crippen LogP contribution >= 0.6 is 15.9 Å². The van der Waals surface area contributed by atoms with E-state index in [1.54, 1.807) is 18.3 Å². The molecular formula is C16H10BrN3. The Kier molecular flexibility index (Phi) is 3.36. The zero-order valence-corrected chi connectivity index (χ0v) is 12.1. The lowest BCUT2D eigenvalue weighted by atomic mass is 10.1. The van der Waals surface area contributed by atoms with Crippen molar-refractivity contribution in [2.24, 2.45) is 0 Å². The molecule has 0 aliphatic carbocycles. The van der Waals surface area contributed by atoms with E-state index in [0.717, 1.165) is 26.8 Å². The van der Waals surface area contributed by atoms with Crippen LogP contribution in [0, 0.1) is 11.3 Å². The molecule has 0 radical (unpaired) electrons. The Morgan fingerprint density at radius 3 is 2.75 bits per heavy atom. The highest BCUT2D eigenvalue weighted by atomic mass is 79.9. The number of anilines is 2. The molecule has 3 nitrogen and oxygen atoms in total. The highest BCUT2D eigenvalue weighted by Crippen LogP contribution is 2.30. The van der Waals surface area contributed by atoms with Gasteiger partial charge in [-0.25, -0.2) is 0 Å². The third-order valence-electron chi connectivity index (χ3n) is 3.01. The maximum Gasteiger partial charge on any atom is 0.0992 e. The maximum absolute atomic E-state index is 8.88. The lowest BCUT2D eigenvalue weighted by molar-refractivity contribution is 1.41. The van der Waals surface area contributed by atoms with Gasteiger partial charge in [0.05, 0.1) is 22.8 Å². The first-order chi connectivity index (χ1) is 9.78. The normalized spacial score (nSPS) is 10.2. The molecule has 0 aliphatic heterocycles. The van der Waals surface area contributed by atoms with Gasteiger partial charge in [0.2, 0.25) is 0 Å². The molecule has 96 valence electrons. The molecule has 1 aromatic heterocycles. The number of hydrogen-bond donors (Lipinski definition) is 1. The summed E-state index contributed by atoms with van der Waals surface area (Å²) in [5.74, 6) is 0. The van der Waals surface area contributed by atoms with Gasteiger partial charge in [-0.2, -0.15) is 5.26 Å². The van der Waals surface area contributed by atoms with E-state index in [0.29, 0.717) is 5.56 Å². The van der Waals surface area contributed by atoms with Gasteiger partial charge in [0.15, 0.2) is 0 Å². The fourth-order valence-electron chi connectivity index (χ4n) is 2.04. The van der Waals surface area contributed by atoms with E-state index in [-0.39, 0.29) is 0 Å². The first-order valence-corrected chi connectivity index (χ1v) is 6.87. The van der Waals surface area contributed by atoms with Crippen molar-refractivity contribution in [2.45, 2.75) is 0 Å². The summed E-state index contributed by atoms with van der Waals surface area (Å²) in [4.78, 5) is 4.34. The molecule has 4 heteroatoms. The predicted octanol–water partition coefficient (Wildman–Crippen LogP) is 4.61. The summed E-state index contributed by atoms with van der Waals surface area (Å²) < 4.78 is 0.859. The van der Waals surface area contributed by atoms with Gasteiger partial charge in [0.1, 0.15) is 0 Å². The van der Waals surface area contributed by atoms with Crippen LogP contribution in [0.4, 0.5) is 11.4 Å². The number of halogens is 1. The molecule has 0 atom stereocenters. The van der Waals surface area contributed by atoms with E-state index in [2.05, 4.69) is 32.3 Å². The van der Waals surface area contributed by atoms with Crippen molar-refractivity contribution in [1.82, 2.24) is 4.98 Å². The Hall–Kier alpha value is -2.38. The molecule has 3 rings (SSSR count). The second kappa shape index (κ2) is 5.32. The van der Waals surface area contributed by atoms with Gasteiger partial charge in [-0.05, 0) is 58.4 Å². The van der Waals surface area contributed by atoms with Gasteiger partial charge in [-0.3, -0.25) is 4.98 Å². The zero-order valence-electron chi connectivity index (χ0n) is 10.5. The average molecular weight is 324 g/mol. The van der Waals surface area contributed by atoms with Crippen LogP contribution in [0.2, 0.25) is 0 Å². The molecule has 0 fully saturated rings. The van der Waals surface area contributed by atoms with Crippen LogP contribution in [-0.4, -0.2) is 4.98 Å². The monoisotopic (exact) mass is 323 g/mol. The van der Waals surface area contributed by atoms with Crippen molar-refractivity contribution in [1.29, 1.82) is 5.26 Å². The van der Waals surface area contributed by atoms with Crippen molar-refractivity contribution in [2.75, 3.05) is 5.32 Å². The molecule has 0 aliphatic rings. The minimum atomic E-state index is 0.627. The summed E-state index contributed by atoms with van der Waals surface area (Å²) in [5, 5.41) is 13.3. The number of nitrogens with zero attached hydrogens (tertiary/aromatic N) is 2. The number of hydrogen-bond acceptors (Lipinski definition) is 3.